The van der Waals surface area contributed by atoms with Crippen LogP contribution >= 0.6 is 11.6 Å². The second-order valence-electron chi connectivity index (χ2n) is 4.44. The second-order valence-corrected chi connectivity index (χ2v) is 4.88. The van der Waals surface area contributed by atoms with Crippen LogP contribution in [0.3, 0.4) is 0 Å². The highest BCUT2D eigenvalue weighted by atomic mass is 35.5. The van der Waals surface area contributed by atoms with Crippen molar-refractivity contribution >= 4 is 23.3 Å². The molecular formula is C13H13ClN2O2. The van der Waals surface area contributed by atoms with Crippen molar-refractivity contribution in [1.29, 1.82) is 5.26 Å². The Kier molecular flexibility index (Phi) is 3.44. The third kappa shape index (κ3) is 2.14. The van der Waals surface area contributed by atoms with Gasteiger partial charge in [0, 0.05) is 17.6 Å². The minimum Gasteiger partial charge on any atom is -0.481 e. The molecule has 18 heavy (non-hydrogen) atoms. The number of aliphatic carboxylic acids is 1. The van der Waals surface area contributed by atoms with E-state index in [4.69, 9.17) is 22.0 Å². The molecule has 1 aliphatic rings. The summed E-state index contributed by atoms with van der Waals surface area (Å²) in [5.74, 6) is -1.16. The summed E-state index contributed by atoms with van der Waals surface area (Å²) in [7, 11) is 0. The summed E-state index contributed by atoms with van der Waals surface area (Å²) in [5, 5.41) is 18.7. The molecule has 0 amide bonds. The highest BCUT2D eigenvalue weighted by Gasteiger charge is 2.36. The van der Waals surface area contributed by atoms with Crippen LogP contribution in [0.1, 0.15) is 18.9 Å². The van der Waals surface area contributed by atoms with E-state index in [0.29, 0.717) is 23.6 Å². The lowest BCUT2D eigenvalue weighted by atomic mass is 10.0. The van der Waals surface area contributed by atoms with Gasteiger partial charge in [0.15, 0.2) is 0 Å². The number of carboxylic acids is 1. The molecular weight excluding hydrogens is 252 g/mol. The molecule has 1 fully saturated rings. The fraction of sp³-hybridized carbons (Fsp3) is 0.385. The van der Waals surface area contributed by atoms with E-state index < -0.39 is 5.97 Å². The van der Waals surface area contributed by atoms with Crippen molar-refractivity contribution in [3.05, 3.63) is 28.8 Å². The molecule has 2 atom stereocenters. The summed E-state index contributed by atoms with van der Waals surface area (Å²) < 4.78 is 0. The lowest BCUT2D eigenvalue weighted by Crippen LogP contribution is -2.33. The summed E-state index contributed by atoms with van der Waals surface area (Å²) in [6.45, 7) is 2.52. The van der Waals surface area contributed by atoms with E-state index >= 15 is 0 Å². The molecule has 94 valence electrons. The third-order valence-corrected chi connectivity index (χ3v) is 3.70. The second kappa shape index (κ2) is 4.87. The molecule has 2 unspecified atom stereocenters. The Balaban J connectivity index is 2.34. The lowest BCUT2D eigenvalue weighted by molar-refractivity contribution is -0.141. The summed E-state index contributed by atoms with van der Waals surface area (Å²) in [4.78, 5) is 13.1. The summed E-state index contributed by atoms with van der Waals surface area (Å²) in [6.07, 6.45) is 0.601. The van der Waals surface area contributed by atoms with Crippen molar-refractivity contribution in [1.82, 2.24) is 0 Å². The van der Waals surface area contributed by atoms with E-state index in [1.807, 2.05) is 11.8 Å². The average Bonchev–Trinajstić information content (AvgIpc) is 2.71. The molecule has 0 bridgehead atoms. The van der Waals surface area contributed by atoms with Crippen molar-refractivity contribution in [2.45, 2.75) is 19.4 Å². The zero-order valence-electron chi connectivity index (χ0n) is 9.93. The number of carboxylic acid groups (broad SMARTS) is 1. The predicted molar refractivity (Wildman–Crippen MR) is 68.7 cm³/mol. The normalized spacial score (nSPS) is 22.8. The monoisotopic (exact) mass is 264 g/mol. The lowest BCUT2D eigenvalue weighted by Gasteiger charge is -2.26. The van der Waals surface area contributed by atoms with Crippen LogP contribution in [0.5, 0.6) is 0 Å². The van der Waals surface area contributed by atoms with Gasteiger partial charge in [-0.3, -0.25) is 4.79 Å². The molecule has 0 radical (unpaired) electrons. The van der Waals surface area contributed by atoms with Crippen LogP contribution in [0.25, 0.3) is 0 Å². The average molecular weight is 265 g/mol. The van der Waals surface area contributed by atoms with E-state index in [2.05, 4.69) is 6.07 Å². The number of anilines is 1. The highest BCUT2D eigenvalue weighted by Crippen LogP contribution is 2.33. The smallest absolute Gasteiger partial charge is 0.308 e. The Morgan fingerprint density at radius 2 is 2.33 bits per heavy atom. The summed E-state index contributed by atoms with van der Waals surface area (Å²) in [5.41, 5.74) is 1.25. The quantitative estimate of drug-likeness (QED) is 0.891. The topological polar surface area (TPSA) is 64.3 Å². The Labute approximate surface area is 110 Å². The number of hydrogen-bond acceptors (Lipinski definition) is 3. The molecule has 0 aromatic heterocycles. The minimum atomic E-state index is -0.780. The zero-order chi connectivity index (χ0) is 13.3. The standard InChI is InChI=1S/C13H13ClN2O2/c1-8-11(13(17)18)4-5-16(8)12-3-2-10(14)6-9(12)7-15/h2-3,6,8,11H,4-5H2,1H3,(H,17,18). The first-order valence-electron chi connectivity index (χ1n) is 5.73. The number of benzene rings is 1. The maximum absolute atomic E-state index is 11.1. The first kappa shape index (κ1) is 12.7. The van der Waals surface area contributed by atoms with Crippen LogP contribution in [0.15, 0.2) is 18.2 Å². The molecule has 0 spiro atoms. The Morgan fingerprint density at radius 1 is 1.61 bits per heavy atom. The van der Waals surface area contributed by atoms with E-state index in [-0.39, 0.29) is 12.0 Å². The van der Waals surface area contributed by atoms with E-state index in [0.717, 1.165) is 5.69 Å². The van der Waals surface area contributed by atoms with Gasteiger partial charge in [0.25, 0.3) is 0 Å². The van der Waals surface area contributed by atoms with E-state index in [1.165, 1.54) is 0 Å². The van der Waals surface area contributed by atoms with Crippen molar-refractivity contribution in [3.63, 3.8) is 0 Å². The van der Waals surface area contributed by atoms with Crippen LogP contribution in [-0.2, 0) is 4.79 Å². The summed E-state index contributed by atoms with van der Waals surface area (Å²) >= 11 is 5.85. The number of nitrogens with zero attached hydrogens (tertiary/aromatic N) is 2. The fourth-order valence-corrected chi connectivity index (χ4v) is 2.63. The molecule has 1 aromatic carbocycles. The molecule has 2 rings (SSSR count). The van der Waals surface area contributed by atoms with Crippen molar-refractivity contribution in [2.24, 2.45) is 5.92 Å². The van der Waals surface area contributed by atoms with Gasteiger partial charge in [-0.15, -0.1) is 0 Å². The molecule has 1 aliphatic heterocycles. The van der Waals surface area contributed by atoms with Crippen molar-refractivity contribution in [2.75, 3.05) is 11.4 Å². The van der Waals surface area contributed by atoms with Gasteiger partial charge in [0.2, 0.25) is 0 Å². The number of rotatable bonds is 2. The number of nitriles is 1. The van der Waals surface area contributed by atoms with Crippen LogP contribution in [0.2, 0.25) is 5.02 Å². The predicted octanol–water partition coefficient (Wildman–Crippen LogP) is 2.51. The maximum atomic E-state index is 11.1. The Morgan fingerprint density at radius 3 is 2.89 bits per heavy atom. The van der Waals surface area contributed by atoms with Gasteiger partial charge in [-0.1, -0.05) is 11.6 Å². The SMILES string of the molecule is CC1C(C(=O)O)CCN1c1ccc(Cl)cc1C#N. The third-order valence-electron chi connectivity index (χ3n) is 3.46. The zero-order valence-corrected chi connectivity index (χ0v) is 10.7. The highest BCUT2D eigenvalue weighted by molar-refractivity contribution is 6.30. The number of hydrogen-bond donors (Lipinski definition) is 1. The van der Waals surface area contributed by atoms with Crippen molar-refractivity contribution < 1.29 is 9.90 Å². The number of halogens is 1. The first-order valence-corrected chi connectivity index (χ1v) is 6.11. The Hall–Kier alpha value is -1.73. The van der Waals surface area contributed by atoms with Gasteiger partial charge < -0.3 is 10.0 Å². The largest absolute Gasteiger partial charge is 0.481 e. The molecule has 0 saturated carbocycles. The van der Waals surface area contributed by atoms with Gasteiger partial charge in [-0.05, 0) is 31.5 Å². The van der Waals surface area contributed by atoms with E-state index in [9.17, 15) is 4.79 Å². The van der Waals surface area contributed by atoms with Gasteiger partial charge in [0.05, 0.1) is 17.2 Å². The van der Waals surface area contributed by atoms with Crippen molar-refractivity contribution in [3.8, 4) is 6.07 Å². The molecule has 0 aliphatic carbocycles. The van der Waals surface area contributed by atoms with Gasteiger partial charge in [-0.25, -0.2) is 0 Å². The molecule has 1 N–H and O–H groups in total. The molecule has 1 aromatic rings. The van der Waals surface area contributed by atoms with Gasteiger partial charge in [-0.2, -0.15) is 5.26 Å². The van der Waals surface area contributed by atoms with Gasteiger partial charge >= 0.3 is 5.97 Å². The van der Waals surface area contributed by atoms with Gasteiger partial charge in [0.1, 0.15) is 6.07 Å². The van der Waals surface area contributed by atoms with Crippen LogP contribution in [0, 0.1) is 17.2 Å². The fourth-order valence-electron chi connectivity index (χ4n) is 2.46. The van der Waals surface area contributed by atoms with E-state index in [1.54, 1.807) is 18.2 Å². The first-order chi connectivity index (χ1) is 8.54. The maximum Gasteiger partial charge on any atom is 0.308 e. The Bertz CT molecular complexity index is 524. The van der Waals surface area contributed by atoms with Crippen LogP contribution in [0.4, 0.5) is 5.69 Å². The molecule has 5 heteroatoms. The van der Waals surface area contributed by atoms with Crippen LogP contribution < -0.4 is 4.90 Å². The molecule has 4 nitrogen and oxygen atoms in total. The summed E-state index contributed by atoms with van der Waals surface area (Å²) in [6, 6.07) is 7.10. The minimum absolute atomic E-state index is 0.115. The van der Waals surface area contributed by atoms with Crippen LogP contribution in [-0.4, -0.2) is 23.7 Å². The molecule has 1 saturated heterocycles. The molecule has 1 heterocycles. The number of carbonyl (C=O) groups is 1.